The number of rotatable bonds is 5. The van der Waals surface area contributed by atoms with Crippen molar-refractivity contribution >= 4 is 29.3 Å². The molecule has 1 aromatic rings. The van der Waals surface area contributed by atoms with Gasteiger partial charge < -0.3 is 5.11 Å². The van der Waals surface area contributed by atoms with E-state index in [2.05, 4.69) is 67.5 Å². The molecule has 0 atom stereocenters. The Kier molecular flexibility index (Phi) is 8.71. The zero-order valence-corrected chi connectivity index (χ0v) is 27.0. The van der Waals surface area contributed by atoms with Gasteiger partial charge in [-0.25, -0.2) is 10.1 Å². The Labute approximate surface area is 233 Å². The van der Waals surface area contributed by atoms with Crippen LogP contribution in [0, 0.1) is 10.8 Å². The molecule has 6 heteroatoms. The van der Waals surface area contributed by atoms with Crippen LogP contribution in [-0.4, -0.2) is 25.2 Å². The van der Waals surface area contributed by atoms with Crippen LogP contribution in [0.4, 0.5) is 0 Å². The fraction of sp³-hybridized carbons (Fsp3) is 0.645. The lowest BCUT2D eigenvalue weighted by Gasteiger charge is -2.40. The topological polar surface area (TPSA) is 66.8 Å². The average Bonchev–Trinajstić information content (AvgIpc) is 2.66. The van der Waals surface area contributed by atoms with Crippen molar-refractivity contribution in [2.75, 3.05) is 0 Å². The first-order chi connectivity index (χ1) is 16.3. The number of phenols is 1. The van der Waals surface area contributed by atoms with E-state index in [0.29, 0.717) is 16.9 Å². The number of thioether (sulfide) groups is 2. The van der Waals surface area contributed by atoms with Crippen LogP contribution in [-0.2, 0) is 20.5 Å². The molecule has 0 radical (unpaired) electrons. The summed E-state index contributed by atoms with van der Waals surface area (Å²) < 4.78 is -0.469. The Hall–Kier alpha value is -1.21. The number of Topliss-reactive ketones (excluding diaryl/α,β-unsaturated/α-hetero) is 1. The van der Waals surface area contributed by atoms with Crippen LogP contribution in [0.2, 0.25) is 0 Å². The normalized spacial score (nSPS) is 17.5. The number of phenolic OH excluding ortho intramolecular Hbond substituents is 1. The summed E-state index contributed by atoms with van der Waals surface area (Å²) in [6.07, 6.45) is 3.57. The van der Waals surface area contributed by atoms with E-state index < -0.39 is 19.8 Å². The van der Waals surface area contributed by atoms with Gasteiger partial charge in [0.2, 0.25) is 0 Å². The van der Waals surface area contributed by atoms with Gasteiger partial charge in [0.05, 0.1) is 4.08 Å². The summed E-state index contributed by atoms with van der Waals surface area (Å²) in [6.45, 7) is 28.9. The number of aromatic hydroxyl groups is 1. The van der Waals surface area contributed by atoms with E-state index in [4.69, 9.17) is 4.89 Å². The van der Waals surface area contributed by atoms with Crippen LogP contribution < -0.4 is 0 Å². The molecule has 1 aliphatic carbocycles. The van der Waals surface area contributed by atoms with Crippen molar-refractivity contribution in [2.45, 2.75) is 122 Å². The van der Waals surface area contributed by atoms with Crippen LogP contribution in [0.25, 0.3) is 0 Å². The summed E-state index contributed by atoms with van der Waals surface area (Å²) in [6, 6.07) is 4.14. The van der Waals surface area contributed by atoms with E-state index in [1.54, 1.807) is 23.9 Å². The quantitative estimate of drug-likeness (QED) is 0.165. The first kappa shape index (κ1) is 32.0. The molecule has 1 aliphatic rings. The average molecular weight is 549 g/mol. The maximum atomic E-state index is 13.5. The second kappa shape index (κ2) is 10.1. The van der Waals surface area contributed by atoms with Crippen molar-refractivity contribution in [1.82, 2.24) is 0 Å². The molecule has 37 heavy (non-hydrogen) atoms. The number of hydrogen-bond acceptors (Lipinski definition) is 6. The summed E-state index contributed by atoms with van der Waals surface area (Å²) in [7, 11) is 0. The molecule has 0 bridgehead atoms. The Morgan fingerprint density at radius 2 is 1.08 bits per heavy atom. The fourth-order valence-corrected chi connectivity index (χ4v) is 7.39. The molecule has 0 amide bonds. The summed E-state index contributed by atoms with van der Waals surface area (Å²) in [4.78, 5) is 18.5. The van der Waals surface area contributed by atoms with Gasteiger partial charge in [-0.1, -0.05) is 94.8 Å². The molecule has 1 aromatic carbocycles. The van der Waals surface area contributed by atoms with Gasteiger partial charge in [0, 0.05) is 27.2 Å². The lowest BCUT2D eigenvalue weighted by molar-refractivity contribution is -0.266. The first-order valence-electron chi connectivity index (χ1n) is 12.9. The predicted octanol–water partition coefficient (Wildman–Crippen LogP) is 9.26. The van der Waals surface area contributed by atoms with E-state index in [0.717, 1.165) is 16.0 Å². The van der Waals surface area contributed by atoms with Crippen molar-refractivity contribution in [3.05, 3.63) is 46.6 Å². The molecular formula is C31H48O4S2. The van der Waals surface area contributed by atoms with Gasteiger partial charge in [-0.3, -0.25) is 4.79 Å². The van der Waals surface area contributed by atoms with E-state index in [-0.39, 0.29) is 16.6 Å². The van der Waals surface area contributed by atoms with Gasteiger partial charge >= 0.3 is 0 Å². The van der Waals surface area contributed by atoms with Crippen LogP contribution in [0.3, 0.4) is 0 Å². The first-order valence-corrected chi connectivity index (χ1v) is 14.6. The predicted molar refractivity (Wildman–Crippen MR) is 160 cm³/mol. The lowest BCUT2D eigenvalue weighted by Crippen LogP contribution is -2.38. The summed E-state index contributed by atoms with van der Waals surface area (Å²) in [5, 5.41) is 21.4. The number of carbonyl (C=O) groups excluding carboxylic acids is 1. The minimum absolute atomic E-state index is 0.00177. The third-order valence-corrected chi connectivity index (χ3v) is 8.99. The van der Waals surface area contributed by atoms with Crippen LogP contribution in [0.1, 0.15) is 108 Å². The molecule has 0 fully saturated rings. The highest BCUT2D eigenvalue weighted by molar-refractivity contribution is 8.18. The number of benzene rings is 1. The molecule has 2 rings (SSSR count). The van der Waals surface area contributed by atoms with Crippen molar-refractivity contribution < 1.29 is 20.0 Å². The van der Waals surface area contributed by atoms with Gasteiger partial charge in [0.1, 0.15) is 5.75 Å². The van der Waals surface area contributed by atoms with Crippen molar-refractivity contribution in [3.63, 3.8) is 0 Å². The lowest BCUT2D eigenvalue weighted by atomic mass is 9.72. The fourth-order valence-electron chi connectivity index (χ4n) is 4.46. The van der Waals surface area contributed by atoms with Crippen molar-refractivity contribution in [2.24, 2.45) is 10.8 Å². The van der Waals surface area contributed by atoms with Crippen LogP contribution >= 0.6 is 23.5 Å². The van der Waals surface area contributed by atoms with Crippen molar-refractivity contribution in [1.29, 1.82) is 0 Å². The summed E-state index contributed by atoms with van der Waals surface area (Å²) >= 11 is 3.12. The van der Waals surface area contributed by atoms with Gasteiger partial charge in [-0.05, 0) is 59.8 Å². The van der Waals surface area contributed by atoms with E-state index in [9.17, 15) is 15.2 Å². The van der Waals surface area contributed by atoms with Gasteiger partial charge in [0.15, 0.2) is 10.7 Å². The highest BCUT2D eigenvalue weighted by Crippen LogP contribution is 2.54. The Balaban J connectivity index is 2.63. The monoisotopic (exact) mass is 548 g/mol. The molecule has 0 aliphatic heterocycles. The van der Waals surface area contributed by atoms with E-state index in [1.165, 1.54) is 11.8 Å². The maximum Gasteiger partial charge on any atom is 0.188 e. The molecule has 2 N–H and O–H groups in total. The minimum Gasteiger partial charge on any atom is -0.507 e. The van der Waals surface area contributed by atoms with Crippen molar-refractivity contribution in [3.8, 4) is 5.75 Å². The molecule has 0 saturated carbocycles. The zero-order valence-electron chi connectivity index (χ0n) is 25.3. The summed E-state index contributed by atoms with van der Waals surface area (Å²) in [5.74, 6) is 0.355. The molecule has 0 heterocycles. The summed E-state index contributed by atoms with van der Waals surface area (Å²) in [5.41, 5.74) is 1.80. The molecule has 0 aromatic heterocycles. The second-order valence-corrected chi connectivity index (χ2v) is 18.5. The molecule has 0 spiro atoms. The van der Waals surface area contributed by atoms with E-state index >= 15 is 0 Å². The van der Waals surface area contributed by atoms with Crippen LogP contribution in [0.15, 0.2) is 40.3 Å². The SMILES string of the molecule is CC(C)(Sc1cc(C(C)(C)C)c(O)c(C(C)(C)C)c1)SC1(OO)C=C(C(C)(C)C)C(=O)C(C(C)(C)C)=C1. The largest absolute Gasteiger partial charge is 0.507 e. The van der Waals surface area contributed by atoms with Gasteiger partial charge in [-0.15, -0.1) is 11.8 Å². The Bertz CT molecular complexity index is 1030. The Morgan fingerprint density at radius 1 is 0.703 bits per heavy atom. The minimum atomic E-state index is -1.22. The molecular weight excluding hydrogens is 500 g/mol. The third-order valence-electron chi connectivity index (χ3n) is 6.41. The maximum absolute atomic E-state index is 13.5. The number of allylic oxidation sites excluding steroid dienone is 2. The van der Waals surface area contributed by atoms with Gasteiger partial charge in [0.25, 0.3) is 0 Å². The number of ketones is 1. The number of hydrogen-bond donors (Lipinski definition) is 2. The second-order valence-electron chi connectivity index (χ2n) is 14.7. The van der Waals surface area contributed by atoms with E-state index in [1.807, 2.05) is 41.5 Å². The molecule has 4 nitrogen and oxygen atoms in total. The molecule has 0 saturated heterocycles. The van der Waals surface area contributed by atoms with Crippen LogP contribution in [0.5, 0.6) is 5.75 Å². The highest BCUT2D eigenvalue weighted by atomic mass is 32.2. The van der Waals surface area contributed by atoms with Gasteiger partial charge in [-0.2, -0.15) is 0 Å². The number of carbonyl (C=O) groups is 1. The molecule has 208 valence electrons. The smallest absolute Gasteiger partial charge is 0.188 e. The Morgan fingerprint density at radius 3 is 1.38 bits per heavy atom. The highest BCUT2D eigenvalue weighted by Gasteiger charge is 2.45. The standard InChI is InChI=1S/C31H48O4S2/c1-26(2,3)20-15-19(16-21(24(20)32)27(4,5)6)36-30(13,14)37-31(35-34)17-22(28(7,8)9)25(33)23(18-31)29(10,11)12/h15-18,32,34H,1-14H3. The third kappa shape index (κ3) is 7.46. The zero-order chi connectivity index (χ0) is 29.0. The molecule has 0 unspecified atom stereocenters.